The molecule has 1 amide bonds. The zero-order chi connectivity index (χ0) is 14.9. The lowest BCUT2D eigenvalue weighted by atomic mass is 10.0. The van der Waals surface area contributed by atoms with E-state index in [2.05, 4.69) is 10.3 Å². The Balaban J connectivity index is 2.59. The van der Waals surface area contributed by atoms with Gasteiger partial charge >= 0.3 is 6.18 Å². The van der Waals surface area contributed by atoms with Gasteiger partial charge in [0.1, 0.15) is 5.52 Å². The normalized spacial score (nSPS) is 11.8. The molecule has 0 aliphatic rings. The Morgan fingerprint density at radius 3 is 2.70 bits per heavy atom. The quantitative estimate of drug-likeness (QED) is 0.905. The van der Waals surface area contributed by atoms with Crippen LogP contribution in [0.1, 0.15) is 22.8 Å². The molecule has 5 nitrogen and oxygen atoms in total. The van der Waals surface area contributed by atoms with Crippen molar-refractivity contribution < 1.29 is 22.4 Å². The fourth-order valence-electron chi connectivity index (χ4n) is 1.90. The molecule has 20 heavy (non-hydrogen) atoms. The van der Waals surface area contributed by atoms with Crippen LogP contribution in [0.25, 0.3) is 11.1 Å². The third-order valence-corrected chi connectivity index (χ3v) is 2.61. The van der Waals surface area contributed by atoms with Crippen LogP contribution < -0.4 is 11.1 Å². The lowest BCUT2D eigenvalue weighted by Crippen LogP contribution is -2.19. The highest BCUT2D eigenvalue weighted by atomic mass is 19.4. The van der Waals surface area contributed by atoms with Crippen molar-refractivity contribution in [2.24, 2.45) is 5.73 Å². The van der Waals surface area contributed by atoms with E-state index in [0.717, 1.165) is 0 Å². The number of benzene rings is 1. The minimum atomic E-state index is -4.44. The van der Waals surface area contributed by atoms with Crippen molar-refractivity contribution in [3.05, 3.63) is 23.3 Å². The summed E-state index contributed by atoms with van der Waals surface area (Å²) in [7, 11) is 0. The highest BCUT2D eigenvalue weighted by molar-refractivity contribution is 6.05. The molecule has 1 heterocycles. The molecule has 0 unspecified atom stereocenters. The van der Waals surface area contributed by atoms with Crippen molar-refractivity contribution in [1.82, 2.24) is 4.98 Å². The lowest BCUT2D eigenvalue weighted by molar-refractivity contribution is -0.127. The van der Waals surface area contributed by atoms with Crippen LogP contribution in [0.5, 0.6) is 0 Å². The van der Waals surface area contributed by atoms with Gasteiger partial charge in [-0.15, -0.1) is 0 Å². The first-order valence-corrected chi connectivity index (χ1v) is 5.84. The van der Waals surface area contributed by atoms with Crippen LogP contribution >= 0.6 is 0 Å². The van der Waals surface area contributed by atoms with Crippen LogP contribution in [0.3, 0.4) is 0 Å². The third-order valence-electron chi connectivity index (χ3n) is 2.61. The minimum Gasteiger partial charge on any atom is -0.424 e. The fourth-order valence-corrected chi connectivity index (χ4v) is 1.90. The van der Waals surface area contributed by atoms with Gasteiger partial charge in [-0.3, -0.25) is 4.79 Å². The molecule has 2 aromatic rings. The van der Waals surface area contributed by atoms with Crippen LogP contribution in [0.4, 0.5) is 19.2 Å². The average molecular weight is 287 g/mol. The molecule has 0 fully saturated rings. The van der Waals surface area contributed by atoms with Crippen LogP contribution in [0.2, 0.25) is 0 Å². The van der Waals surface area contributed by atoms with Crippen LogP contribution in [-0.2, 0) is 6.42 Å². The number of primary amides is 1. The van der Waals surface area contributed by atoms with Gasteiger partial charge < -0.3 is 15.5 Å². The predicted octanol–water partition coefficient (Wildman–Crippen LogP) is 2.46. The number of aromatic nitrogens is 1. The van der Waals surface area contributed by atoms with E-state index in [1.807, 2.05) is 0 Å². The summed E-state index contributed by atoms with van der Waals surface area (Å²) in [5.41, 5.74) is 4.95. The Hall–Kier alpha value is -2.25. The first-order chi connectivity index (χ1) is 9.31. The maximum absolute atomic E-state index is 12.5. The topological polar surface area (TPSA) is 81.1 Å². The van der Waals surface area contributed by atoms with E-state index in [1.165, 1.54) is 12.1 Å². The van der Waals surface area contributed by atoms with Gasteiger partial charge in [-0.25, -0.2) is 0 Å². The second-order valence-corrected chi connectivity index (χ2v) is 4.15. The minimum absolute atomic E-state index is 0.0372. The molecule has 0 bridgehead atoms. The smallest absolute Gasteiger partial charge is 0.393 e. The molecule has 0 atom stereocenters. The highest BCUT2D eigenvalue weighted by Gasteiger charge is 2.31. The number of hydrogen-bond donors (Lipinski definition) is 2. The number of carbonyl (C=O) groups is 1. The van der Waals surface area contributed by atoms with Gasteiger partial charge in [-0.2, -0.15) is 18.2 Å². The molecular formula is C12H12F3N3O2. The molecule has 2 rings (SSSR count). The molecule has 1 aromatic carbocycles. The molecule has 0 aliphatic carbocycles. The Morgan fingerprint density at radius 1 is 1.45 bits per heavy atom. The lowest BCUT2D eigenvalue weighted by Gasteiger charge is -2.09. The molecule has 3 N–H and O–H groups in total. The Bertz CT molecular complexity index is 649. The molecule has 0 saturated carbocycles. The van der Waals surface area contributed by atoms with E-state index >= 15 is 0 Å². The SMILES string of the molecule is CCNc1nc2c(C(N)=O)c(CC(F)(F)F)ccc2o1. The largest absolute Gasteiger partial charge is 0.424 e. The number of anilines is 1. The highest BCUT2D eigenvalue weighted by Crippen LogP contribution is 2.29. The summed E-state index contributed by atoms with van der Waals surface area (Å²) in [6.45, 7) is 2.33. The van der Waals surface area contributed by atoms with Gasteiger partial charge in [-0.05, 0) is 18.6 Å². The zero-order valence-corrected chi connectivity index (χ0v) is 10.5. The number of alkyl halides is 3. The van der Waals surface area contributed by atoms with Crippen LogP contribution in [0, 0.1) is 0 Å². The number of nitrogens with two attached hydrogens (primary N) is 1. The van der Waals surface area contributed by atoms with Gasteiger partial charge in [0.05, 0.1) is 12.0 Å². The van der Waals surface area contributed by atoms with E-state index in [0.29, 0.717) is 6.54 Å². The zero-order valence-electron chi connectivity index (χ0n) is 10.5. The first-order valence-electron chi connectivity index (χ1n) is 5.84. The number of amides is 1. The van der Waals surface area contributed by atoms with Crippen LogP contribution in [0.15, 0.2) is 16.5 Å². The molecule has 8 heteroatoms. The van der Waals surface area contributed by atoms with E-state index in [9.17, 15) is 18.0 Å². The maximum atomic E-state index is 12.5. The molecule has 108 valence electrons. The molecule has 0 radical (unpaired) electrons. The molecule has 0 spiro atoms. The number of halogens is 3. The monoisotopic (exact) mass is 287 g/mol. The van der Waals surface area contributed by atoms with Gasteiger partial charge in [0.25, 0.3) is 11.9 Å². The van der Waals surface area contributed by atoms with Crippen molar-refractivity contribution in [2.75, 3.05) is 11.9 Å². The predicted molar refractivity (Wildman–Crippen MR) is 66.4 cm³/mol. The van der Waals surface area contributed by atoms with E-state index in [4.69, 9.17) is 10.2 Å². The molecule has 0 aliphatic heterocycles. The van der Waals surface area contributed by atoms with E-state index in [1.54, 1.807) is 6.92 Å². The van der Waals surface area contributed by atoms with Crippen molar-refractivity contribution in [3.8, 4) is 0 Å². The van der Waals surface area contributed by atoms with Gasteiger partial charge in [0.2, 0.25) is 0 Å². The fraction of sp³-hybridized carbons (Fsp3) is 0.333. The number of hydrogen-bond acceptors (Lipinski definition) is 4. The number of rotatable bonds is 4. The summed E-state index contributed by atoms with van der Waals surface area (Å²) >= 11 is 0. The number of carbonyl (C=O) groups excluding carboxylic acids is 1. The molecular weight excluding hydrogens is 275 g/mol. The Labute approximate surface area is 111 Å². The van der Waals surface area contributed by atoms with Crippen molar-refractivity contribution in [2.45, 2.75) is 19.5 Å². The third kappa shape index (κ3) is 2.84. The van der Waals surface area contributed by atoms with Gasteiger partial charge in [0.15, 0.2) is 5.58 Å². The number of nitrogens with zero attached hydrogens (tertiary/aromatic N) is 1. The summed E-state index contributed by atoms with van der Waals surface area (Å²) in [6, 6.07) is 2.65. The number of fused-ring (bicyclic) bond motifs is 1. The summed E-state index contributed by atoms with van der Waals surface area (Å²) < 4.78 is 42.8. The van der Waals surface area contributed by atoms with Gasteiger partial charge in [-0.1, -0.05) is 6.07 Å². The summed E-state index contributed by atoms with van der Waals surface area (Å²) in [6.07, 6.45) is -5.68. The standard InChI is InChI=1S/C12H12F3N3O2/c1-2-17-11-18-9-7(20-11)4-3-6(5-12(13,14)15)8(9)10(16)19/h3-4H,2,5H2,1H3,(H2,16,19)(H,17,18). The van der Waals surface area contributed by atoms with Crippen molar-refractivity contribution >= 4 is 23.0 Å². The average Bonchev–Trinajstić information content (AvgIpc) is 2.68. The molecule has 0 saturated heterocycles. The van der Waals surface area contributed by atoms with Crippen molar-refractivity contribution in [1.29, 1.82) is 0 Å². The second-order valence-electron chi connectivity index (χ2n) is 4.15. The second kappa shape index (κ2) is 5.03. The first kappa shape index (κ1) is 14.2. The van der Waals surface area contributed by atoms with E-state index < -0.39 is 18.5 Å². The number of oxazole rings is 1. The van der Waals surface area contributed by atoms with Crippen molar-refractivity contribution in [3.63, 3.8) is 0 Å². The Kier molecular flexibility index (Phi) is 3.56. The summed E-state index contributed by atoms with van der Waals surface area (Å²) in [5.74, 6) is -0.966. The van der Waals surface area contributed by atoms with Crippen LogP contribution in [-0.4, -0.2) is 23.6 Å². The summed E-state index contributed by atoms with van der Waals surface area (Å²) in [4.78, 5) is 15.4. The molecule has 1 aromatic heterocycles. The van der Waals surface area contributed by atoms with Gasteiger partial charge in [0, 0.05) is 6.54 Å². The Morgan fingerprint density at radius 2 is 2.15 bits per heavy atom. The summed E-state index contributed by atoms with van der Waals surface area (Å²) in [5, 5.41) is 2.78. The number of nitrogens with one attached hydrogen (secondary N) is 1. The van der Waals surface area contributed by atoms with E-state index in [-0.39, 0.29) is 28.2 Å². The maximum Gasteiger partial charge on any atom is 0.393 e.